The predicted molar refractivity (Wildman–Crippen MR) is 364 cm³/mol. The summed E-state index contributed by atoms with van der Waals surface area (Å²) in [5.74, 6) is 2.09. The summed E-state index contributed by atoms with van der Waals surface area (Å²) in [4.78, 5) is 7.21. The molecule has 1 aliphatic heterocycles. The van der Waals surface area contributed by atoms with Gasteiger partial charge in [-0.3, -0.25) is 4.57 Å². The lowest BCUT2D eigenvalue weighted by molar-refractivity contribution is 0.483. The first kappa shape index (κ1) is 45.7. The van der Waals surface area contributed by atoms with Gasteiger partial charge in [-0.1, -0.05) is 237 Å². The van der Waals surface area contributed by atoms with Gasteiger partial charge in [-0.15, -0.1) is 0 Å². The molecule has 12 aromatic rings. The highest BCUT2D eigenvalue weighted by molar-refractivity contribution is 6.25. The molecule has 0 aliphatic carbocycles. The molecule has 0 bridgehead atoms. The van der Waals surface area contributed by atoms with Gasteiger partial charge in [0.05, 0.1) is 27.8 Å². The van der Waals surface area contributed by atoms with Gasteiger partial charge < -0.3 is 14.2 Å². The Hall–Kier alpha value is -8.67. The number of aromatic nitrogens is 3. The zero-order chi connectivity index (χ0) is 67.2. The van der Waals surface area contributed by atoms with Crippen LogP contribution in [0.25, 0.3) is 93.2 Å². The summed E-state index contributed by atoms with van der Waals surface area (Å²) in [5, 5.41) is 8.00. The van der Waals surface area contributed by atoms with Crippen LogP contribution in [0.5, 0.6) is 11.5 Å². The third kappa shape index (κ3) is 9.89. The lowest BCUT2D eigenvalue weighted by atomic mass is 9.78. The van der Waals surface area contributed by atoms with E-state index in [9.17, 15) is 0 Å². The molecule has 0 fully saturated rings. The number of ether oxygens (including phenoxy) is 1. The Bertz CT molecular complexity index is 5040. The van der Waals surface area contributed by atoms with Crippen LogP contribution in [0, 0.1) is 0 Å². The van der Waals surface area contributed by atoms with Crippen LogP contribution in [0.3, 0.4) is 0 Å². The number of benzene rings is 9. The first-order valence-electron chi connectivity index (χ1n) is 34.2. The summed E-state index contributed by atoms with van der Waals surface area (Å²) in [6.07, 6.45) is 1.89. The van der Waals surface area contributed by atoms with Crippen molar-refractivity contribution in [1.82, 2.24) is 14.1 Å². The van der Waals surface area contributed by atoms with E-state index in [1.807, 2.05) is 63.4 Å². The van der Waals surface area contributed by atoms with Crippen molar-refractivity contribution in [3.05, 3.63) is 228 Å². The maximum Gasteiger partial charge on any atom is 0.137 e. The van der Waals surface area contributed by atoms with Crippen molar-refractivity contribution in [2.24, 2.45) is 0 Å². The van der Waals surface area contributed by atoms with E-state index < -0.39 is 31.4 Å². The molecule has 5 heteroatoms. The van der Waals surface area contributed by atoms with Gasteiger partial charge in [-0.05, 0) is 142 Å². The lowest BCUT2D eigenvalue weighted by Gasteiger charge is -2.27. The van der Waals surface area contributed by atoms with Crippen molar-refractivity contribution in [1.29, 1.82) is 0 Å². The molecule has 13 rings (SSSR count). The molecule has 4 heterocycles. The topological polar surface area (TPSA) is 35.2 Å². The Kier molecular flexibility index (Phi) is 10.7. The standard InChI is InChI=1S/C80H80N4O/c1-76(2,3)52-38-39-81-72(46-52)84-69-34-19-18-27-63(69)64-37-36-59(48-71(64)84)85-58-25-20-24-57(47-58)82-49-83-74-61(51-42-55(79(10,11)12)45-56(43-51)80(13,14)15)30-22-32-68(74)66-31-21-29-60(50-40-53(77(4,5)6)44-54(41-50)78(7,8)9)73(66)65-28-17-16-26-62(65)67-33-23-35-70(82)75(67)83/h16-48H,49H2,1-15H3/i10D3,11D3,12D3. The zero-order valence-corrected chi connectivity index (χ0v) is 51.0. The summed E-state index contributed by atoms with van der Waals surface area (Å²) in [5.41, 5.74) is 8.18. The largest absolute Gasteiger partial charge is 0.457 e. The SMILES string of the molecule is [2H]C([2H])([2H])C(c1cc(-c2cccc3c4cccc(-c5cc(C(C)(C)C)cc(C(C)(C)C)c5)c4c4ccccc4c4cccc5c4n(c23)CN5c2cccc(Oc3ccc4c5ccccc5n(-c5cc(C(C)(C)C)ccn5)c4c3)c2)cc(C(C)(C)C)c1)(C([2H])([2H])[2H])C([2H])([2H])[2H]. The average molecular weight is 1120 g/mol. The molecule has 1 aliphatic rings. The number of para-hydroxylation sites is 3. The fourth-order valence-corrected chi connectivity index (χ4v) is 12.7. The normalized spacial score (nSPS) is 15.3. The average Bonchev–Trinajstić information content (AvgIpc) is 1.59. The highest BCUT2D eigenvalue weighted by atomic mass is 16.5. The number of nitrogens with zero attached hydrogens (tertiary/aromatic N) is 4. The van der Waals surface area contributed by atoms with Gasteiger partial charge in [0.1, 0.15) is 24.0 Å². The predicted octanol–water partition coefficient (Wildman–Crippen LogP) is 22.4. The zero-order valence-electron chi connectivity index (χ0n) is 60.0. The molecule has 85 heavy (non-hydrogen) atoms. The second-order valence-electron chi connectivity index (χ2n) is 27.5. The first-order chi connectivity index (χ1) is 44.0. The molecule has 0 N–H and O–H groups in total. The molecule has 426 valence electrons. The van der Waals surface area contributed by atoms with Crippen LogP contribution < -0.4 is 9.64 Å². The minimum atomic E-state index is -3.50. The van der Waals surface area contributed by atoms with Gasteiger partial charge in [0.2, 0.25) is 0 Å². The van der Waals surface area contributed by atoms with Gasteiger partial charge in [0, 0.05) is 63.5 Å². The van der Waals surface area contributed by atoms with Gasteiger partial charge >= 0.3 is 0 Å². The number of anilines is 2. The van der Waals surface area contributed by atoms with E-state index in [-0.39, 0.29) is 28.5 Å². The van der Waals surface area contributed by atoms with E-state index in [4.69, 9.17) is 22.1 Å². The molecule has 0 amide bonds. The Morgan fingerprint density at radius 2 is 0.918 bits per heavy atom. The van der Waals surface area contributed by atoms with Gasteiger partial charge in [0.25, 0.3) is 0 Å². The van der Waals surface area contributed by atoms with Crippen LogP contribution in [0.2, 0.25) is 0 Å². The van der Waals surface area contributed by atoms with Crippen LogP contribution in [0.4, 0.5) is 11.4 Å². The second kappa shape index (κ2) is 20.0. The number of hydrogen-bond donors (Lipinski definition) is 0. The van der Waals surface area contributed by atoms with Crippen molar-refractivity contribution in [3.63, 3.8) is 0 Å². The highest BCUT2D eigenvalue weighted by Gasteiger charge is 2.29. The minimum absolute atomic E-state index is 0.0908. The summed E-state index contributed by atoms with van der Waals surface area (Å²) in [6, 6.07) is 66.8. The molecule has 9 aromatic carbocycles. The number of rotatable bonds is 6. The van der Waals surface area contributed by atoms with Gasteiger partial charge in [-0.2, -0.15) is 0 Å². The van der Waals surface area contributed by atoms with Crippen LogP contribution in [-0.2, 0) is 33.7 Å². The van der Waals surface area contributed by atoms with Crippen LogP contribution >= 0.6 is 0 Å². The van der Waals surface area contributed by atoms with Gasteiger partial charge in [-0.25, -0.2) is 4.98 Å². The summed E-state index contributed by atoms with van der Waals surface area (Å²) in [6.45, 7) is 15.8. The van der Waals surface area contributed by atoms with E-state index in [1.165, 1.54) is 28.8 Å². The second-order valence-corrected chi connectivity index (χ2v) is 27.5. The van der Waals surface area contributed by atoms with Crippen LogP contribution in [0.15, 0.2) is 200 Å². The Labute approximate surface area is 515 Å². The molecule has 0 spiro atoms. The quantitative estimate of drug-likeness (QED) is 0.166. The van der Waals surface area contributed by atoms with Gasteiger partial charge in [0.15, 0.2) is 0 Å². The Balaban J connectivity index is 1.10. The molecule has 3 aromatic heterocycles. The van der Waals surface area contributed by atoms with E-state index in [2.05, 4.69) is 222 Å². The maximum atomic E-state index is 8.98. The van der Waals surface area contributed by atoms with Crippen molar-refractivity contribution in [2.75, 3.05) is 4.90 Å². The molecule has 0 radical (unpaired) electrons. The van der Waals surface area contributed by atoms with Crippen molar-refractivity contribution < 1.29 is 17.1 Å². The van der Waals surface area contributed by atoms with Crippen LogP contribution in [0.1, 0.15) is 144 Å². The van der Waals surface area contributed by atoms with E-state index in [0.29, 0.717) is 28.2 Å². The fourth-order valence-electron chi connectivity index (χ4n) is 12.7. The summed E-state index contributed by atoms with van der Waals surface area (Å²) >= 11 is 0. The first-order valence-corrected chi connectivity index (χ1v) is 29.7. The molecular formula is C80H80N4O. The van der Waals surface area contributed by atoms with Crippen molar-refractivity contribution in [3.8, 4) is 39.6 Å². The maximum absolute atomic E-state index is 8.98. The number of pyridine rings is 1. The lowest BCUT2D eigenvalue weighted by Crippen LogP contribution is -2.17. The molecule has 0 atom stereocenters. The smallest absolute Gasteiger partial charge is 0.137 e. The molecule has 0 saturated carbocycles. The Morgan fingerprint density at radius 1 is 0.400 bits per heavy atom. The third-order valence-corrected chi connectivity index (χ3v) is 17.4. The molecule has 5 nitrogen and oxygen atoms in total. The minimum Gasteiger partial charge on any atom is -0.457 e. The summed E-state index contributed by atoms with van der Waals surface area (Å²) < 4.78 is 92.4. The summed E-state index contributed by atoms with van der Waals surface area (Å²) in [7, 11) is 0. The molecular weight excluding hydrogens is 1030 g/mol. The van der Waals surface area contributed by atoms with Crippen LogP contribution in [-0.4, -0.2) is 14.1 Å². The monoisotopic (exact) mass is 1120 g/mol. The highest BCUT2D eigenvalue weighted by Crippen LogP contribution is 2.48. The van der Waals surface area contributed by atoms with Crippen molar-refractivity contribution >= 4 is 76.5 Å². The molecule has 0 saturated heterocycles. The van der Waals surface area contributed by atoms with E-state index >= 15 is 0 Å². The third-order valence-electron chi connectivity index (χ3n) is 17.4. The number of hydrogen-bond acceptors (Lipinski definition) is 3. The number of fused-ring (bicyclic) bond motifs is 10. The van der Waals surface area contributed by atoms with E-state index in [0.717, 1.165) is 93.5 Å². The van der Waals surface area contributed by atoms with Crippen molar-refractivity contribution in [2.45, 2.75) is 137 Å². The Morgan fingerprint density at radius 3 is 1.58 bits per heavy atom. The fraction of sp³-hybridized carbons (Fsp3) is 0.263. The van der Waals surface area contributed by atoms with E-state index in [1.54, 1.807) is 0 Å². The molecule has 0 unspecified atom stereocenters.